The zero-order chi connectivity index (χ0) is 22.4. The number of aromatic nitrogens is 2. The quantitative estimate of drug-likeness (QED) is 0.629. The minimum atomic E-state index is -0.224. The lowest BCUT2D eigenvalue weighted by atomic mass is 9.97. The molecular weight excluding hydrogens is 416 g/mol. The third-order valence-corrected chi connectivity index (χ3v) is 5.78. The lowest BCUT2D eigenvalue weighted by molar-refractivity contribution is -0.125. The number of piperidine rings is 1. The van der Waals surface area contributed by atoms with Gasteiger partial charge in [0.2, 0.25) is 5.91 Å². The smallest absolute Gasteiger partial charge is 0.271 e. The highest BCUT2D eigenvalue weighted by atomic mass is 35.5. The van der Waals surface area contributed by atoms with E-state index in [1.165, 1.54) is 10.7 Å². The van der Waals surface area contributed by atoms with Crippen molar-refractivity contribution >= 4 is 23.3 Å². The van der Waals surface area contributed by atoms with Gasteiger partial charge in [-0.2, -0.15) is 4.68 Å². The number of nitrogens with zero attached hydrogens (tertiary/aromatic N) is 3. The van der Waals surface area contributed by atoms with Gasteiger partial charge in [0.25, 0.3) is 5.56 Å². The summed E-state index contributed by atoms with van der Waals surface area (Å²) in [5.41, 5.74) is 1.34. The third kappa shape index (κ3) is 6.31. The molecule has 1 aromatic heterocycles. The Hall–Kier alpha value is -2.38. The molecule has 1 atom stereocenters. The van der Waals surface area contributed by atoms with Crippen LogP contribution in [-0.4, -0.2) is 48.0 Å². The Morgan fingerprint density at radius 1 is 1.32 bits per heavy atom. The summed E-state index contributed by atoms with van der Waals surface area (Å²) in [6, 6.07) is 8.66. The minimum Gasteiger partial charge on any atom is -0.379 e. The number of nitrogens with one attached hydrogen (secondary N) is 1. The van der Waals surface area contributed by atoms with E-state index in [1.807, 2.05) is 32.9 Å². The normalized spacial score (nSPS) is 16.5. The van der Waals surface area contributed by atoms with Crippen molar-refractivity contribution in [1.82, 2.24) is 15.1 Å². The average Bonchev–Trinajstić information content (AvgIpc) is 2.75. The van der Waals surface area contributed by atoms with Gasteiger partial charge in [-0.3, -0.25) is 9.59 Å². The van der Waals surface area contributed by atoms with Crippen LogP contribution in [0.2, 0.25) is 5.02 Å². The second-order valence-corrected chi connectivity index (χ2v) is 8.63. The number of benzene rings is 1. The van der Waals surface area contributed by atoms with E-state index in [-0.39, 0.29) is 23.5 Å². The SMILES string of the molecule is Cc1ccc(-n2nc(N3CCC[C@H](C(=O)NCCCOC(C)C)C3)ccc2=O)cc1Cl. The molecule has 1 aliphatic heterocycles. The first-order valence-corrected chi connectivity index (χ1v) is 11.2. The monoisotopic (exact) mass is 446 g/mol. The van der Waals surface area contributed by atoms with E-state index in [0.29, 0.717) is 36.2 Å². The molecule has 0 spiro atoms. The molecule has 1 saturated heterocycles. The van der Waals surface area contributed by atoms with Crippen LogP contribution in [0, 0.1) is 12.8 Å². The molecule has 0 saturated carbocycles. The number of amides is 1. The number of halogens is 1. The van der Waals surface area contributed by atoms with E-state index < -0.39 is 0 Å². The summed E-state index contributed by atoms with van der Waals surface area (Å²) in [4.78, 5) is 27.1. The molecular formula is C23H31ClN4O3. The highest BCUT2D eigenvalue weighted by molar-refractivity contribution is 6.31. The summed E-state index contributed by atoms with van der Waals surface area (Å²) >= 11 is 6.23. The van der Waals surface area contributed by atoms with Crippen molar-refractivity contribution in [3.05, 3.63) is 51.3 Å². The highest BCUT2D eigenvalue weighted by Crippen LogP contribution is 2.22. The molecule has 1 aliphatic rings. The van der Waals surface area contributed by atoms with Crippen molar-refractivity contribution in [3.8, 4) is 5.69 Å². The summed E-state index contributed by atoms with van der Waals surface area (Å²) in [7, 11) is 0. The Labute approximate surface area is 188 Å². The van der Waals surface area contributed by atoms with Crippen molar-refractivity contribution in [3.63, 3.8) is 0 Å². The summed E-state index contributed by atoms with van der Waals surface area (Å²) < 4.78 is 6.87. The topological polar surface area (TPSA) is 76.5 Å². The Kier molecular flexibility index (Phi) is 8.09. The number of carbonyl (C=O) groups is 1. The standard InChI is InChI=1S/C23H31ClN4O3/c1-16(2)31-13-5-11-25-23(30)18-6-4-12-27(15-18)21-9-10-22(29)28(26-21)19-8-7-17(3)20(24)14-19/h7-10,14,16,18H,4-6,11-13,15H2,1-3H3,(H,25,30)/t18-/m0/s1. The largest absolute Gasteiger partial charge is 0.379 e. The van der Waals surface area contributed by atoms with Crippen LogP contribution in [0.15, 0.2) is 35.1 Å². The maximum atomic E-state index is 12.6. The van der Waals surface area contributed by atoms with Crippen molar-refractivity contribution < 1.29 is 9.53 Å². The molecule has 3 rings (SSSR count). The van der Waals surface area contributed by atoms with Gasteiger partial charge in [-0.15, -0.1) is 5.10 Å². The van der Waals surface area contributed by atoms with Crippen LogP contribution >= 0.6 is 11.6 Å². The lowest BCUT2D eigenvalue weighted by Gasteiger charge is -2.33. The fraction of sp³-hybridized carbons (Fsp3) is 0.522. The van der Waals surface area contributed by atoms with Crippen LogP contribution in [0.3, 0.4) is 0 Å². The maximum Gasteiger partial charge on any atom is 0.271 e. The number of anilines is 1. The summed E-state index contributed by atoms with van der Waals surface area (Å²) in [6.07, 6.45) is 2.74. The summed E-state index contributed by atoms with van der Waals surface area (Å²) in [6.45, 7) is 8.54. The van der Waals surface area contributed by atoms with Gasteiger partial charge < -0.3 is 15.0 Å². The van der Waals surface area contributed by atoms with Crippen LogP contribution in [0.1, 0.15) is 38.7 Å². The van der Waals surface area contributed by atoms with E-state index in [0.717, 1.165) is 31.4 Å². The second-order valence-electron chi connectivity index (χ2n) is 8.22. The van der Waals surface area contributed by atoms with E-state index in [1.54, 1.807) is 12.1 Å². The molecule has 1 fully saturated rings. The Morgan fingerprint density at radius 2 is 2.13 bits per heavy atom. The van der Waals surface area contributed by atoms with Gasteiger partial charge in [0.15, 0.2) is 0 Å². The fourth-order valence-corrected chi connectivity index (χ4v) is 3.79. The number of ether oxygens (including phenoxy) is 1. The van der Waals surface area contributed by atoms with Gasteiger partial charge >= 0.3 is 0 Å². The molecule has 2 aromatic rings. The van der Waals surface area contributed by atoms with Crippen molar-refractivity contribution in [1.29, 1.82) is 0 Å². The molecule has 8 heteroatoms. The first-order chi connectivity index (χ1) is 14.8. The van der Waals surface area contributed by atoms with Gasteiger partial charge in [0, 0.05) is 37.3 Å². The molecule has 1 aromatic carbocycles. The zero-order valence-corrected chi connectivity index (χ0v) is 19.2. The van der Waals surface area contributed by atoms with Crippen LogP contribution in [0.4, 0.5) is 5.82 Å². The zero-order valence-electron chi connectivity index (χ0n) is 18.4. The van der Waals surface area contributed by atoms with Gasteiger partial charge in [0.1, 0.15) is 5.82 Å². The molecule has 0 bridgehead atoms. The fourth-order valence-electron chi connectivity index (χ4n) is 3.62. The van der Waals surface area contributed by atoms with Gasteiger partial charge in [-0.05, 0) is 63.8 Å². The van der Waals surface area contributed by atoms with Crippen LogP contribution in [0.5, 0.6) is 0 Å². The van der Waals surface area contributed by atoms with E-state index >= 15 is 0 Å². The maximum absolute atomic E-state index is 12.6. The highest BCUT2D eigenvalue weighted by Gasteiger charge is 2.26. The Morgan fingerprint density at radius 3 is 2.87 bits per heavy atom. The van der Waals surface area contributed by atoms with E-state index in [9.17, 15) is 9.59 Å². The molecule has 2 heterocycles. The predicted molar refractivity (Wildman–Crippen MR) is 123 cm³/mol. The predicted octanol–water partition coefficient (Wildman–Crippen LogP) is 3.34. The molecule has 1 amide bonds. The van der Waals surface area contributed by atoms with Gasteiger partial charge in [0.05, 0.1) is 17.7 Å². The van der Waals surface area contributed by atoms with Crippen LogP contribution < -0.4 is 15.8 Å². The van der Waals surface area contributed by atoms with Crippen molar-refractivity contribution in [2.75, 3.05) is 31.1 Å². The van der Waals surface area contributed by atoms with E-state index in [2.05, 4.69) is 15.3 Å². The van der Waals surface area contributed by atoms with Crippen molar-refractivity contribution in [2.24, 2.45) is 5.92 Å². The molecule has 0 radical (unpaired) electrons. The molecule has 31 heavy (non-hydrogen) atoms. The minimum absolute atomic E-state index is 0.0629. The number of hydrogen-bond donors (Lipinski definition) is 1. The summed E-state index contributed by atoms with van der Waals surface area (Å²) in [5, 5.41) is 8.17. The Balaban J connectivity index is 1.65. The molecule has 7 nitrogen and oxygen atoms in total. The molecule has 0 unspecified atom stereocenters. The molecule has 0 aliphatic carbocycles. The first-order valence-electron chi connectivity index (χ1n) is 10.9. The number of aryl methyl sites for hydroxylation is 1. The molecule has 168 valence electrons. The second kappa shape index (κ2) is 10.8. The molecule has 1 N–H and O–H groups in total. The van der Waals surface area contributed by atoms with Gasteiger partial charge in [-0.1, -0.05) is 17.7 Å². The number of hydrogen-bond acceptors (Lipinski definition) is 5. The van der Waals surface area contributed by atoms with Gasteiger partial charge in [-0.25, -0.2) is 0 Å². The number of carbonyl (C=O) groups excluding carboxylic acids is 1. The van der Waals surface area contributed by atoms with E-state index in [4.69, 9.17) is 16.3 Å². The third-order valence-electron chi connectivity index (χ3n) is 5.37. The first kappa shape index (κ1) is 23.3. The van der Waals surface area contributed by atoms with Crippen LogP contribution in [0.25, 0.3) is 5.69 Å². The number of rotatable bonds is 8. The Bertz CT molecular complexity index is 960. The summed E-state index contributed by atoms with van der Waals surface area (Å²) in [5.74, 6) is 0.641. The lowest BCUT2D eigenvalue weighted by Crippen LogP contribution is -2.44. The average molecular weight is 447 g/mol. The van der Waals surface area contributed by atoms with Crippen molar-refractivity contribution in [2.45, 2.75) is 46.1 Å². The van der Waals surface area contributed by atoms with Crippen LogP contribution in [-0.2, 0) is 9.53 Å².